The molecule has 1 unspecified atom stereocenters. The number of aliphatic imine (C=N–C) groups is 1. The van der Waals surface area contributed by atoms with E-state index in [0.29, 0.717) is 0 Å². The molecule has 0 aliphatic carbocycles. The molecular formula is C14H30N4O2. The van der Waals surface area contributed by atoms with Gasteiger partial charge in [-0.2, -0.15) is 0 Å². The molecule has 118 valence electrons. The fourth-order valence-electron chi connectivity index (χ4n) is 2.19. The molecule has 1 fully saturated rings. The van der Waals surface area contributed by atoms with Gasteiger partial charge in [-0.1, -0.05) is 0 Å². The molecule has 0 aromatic heterocycles. The number of rotatable bonds is 8. The zero-order valence-corrected chi connectivity index (χ0v) is 13.4. The first-order chi connectivity index (χ1) is 9.59. The van der Waals surface area contributed by atoms with Gasteiger partial charge in [-0.25, -0.2) is 0 Å². The van der Waals surface area contributed by atoms with Crippen LogP contribution in [0, 0.1) is 0 Å². The number of hydrogen-bond acceptors (Lipinski definition) is 4. The molecule has 1 aliphatic heterocycles. The monoisotopic (exact) mass is 286 g/mol. The summed E-state index contributed by atoms with van der Waals surface area (Å²) < 4.78 is 10.8. The van der Waals surface area contributed by atoms with Crippen LogP contribution in [0.15, 0.2) is 4.99 Å². The molecule has 0 radical (unpaired) electrons. The van der Waals surface area contributed by atoms with Crippen molar-refractivity contribution >= 4 is 5.96 Å². The number of nitrogens with zero attached hydrogens (tertiary/aromatic N) is 2. The molecule has 0 saturated carbocycles. The molecule has 1 atom stereocenters. The van der Waals surface area contributed by atoms with Gasteiger partial charge < -0.3 is 25.0 Å². The summed E-state index contributed by atoms with van der Waals surface area (Å²) in [4.78, 5) is 6.46. The summed E-state index contributed by atoms with van der Waals surface area (Å²) in [6.45, 7) is 7.34. The maximum Gasteiger partial charge on any atom is 0.191 e. The van der Waals surface area contributed by atoms with Gasteiger partial charge in [-0.15, -0.1) is 0 Å². The van der Waals surface area contributed by atoms with Crippen molar-refractivity contribution in [1.29, 1.82) is 0 Å². The van der Waals surface area contributed by atoms with E-state index in [1.165, 1.54) is 0 Å². The van der Waals surface area contributed by atoms with E-state index in [1.54, 1.807) is 14.2 Å². The van der Waals surface area contributed by atoms with E-state index >= 15 is 0 Å². The molecule has 6 heteroatoms. The topological polar surface area (TPSA) is 58.1 Å². The van der Waals surface area contributed by atoms with Gasteiger partial charge in [0.25, 0.3) is 0 Å². The summed E-state index contributed by atoms with van der Waals surface area (Å²) in [5.41, 5.74) is -0.0487. The lowest BCUT2D eigenvalue weighted by molar-refractivity contribution is 0.0243. The molecule has 0 amide bonds. The fourth-order valence-corrected chi connectivity index (χ4v) is 2.19. The zero-order chi connectivity index (χ0) is 14.8. The lowest BCUT2D eigenvalue weighted by atomic mass is 10.0. The van der Waals surface area contributed by atoms with E-state index < -0.39 is 0 Å². The van der Waals surface area contributed by atoms with Crippen molar-refractivity contribution in [2.24, 2.45) is 4.99 Å². The Labute approximate surface area is 122 Å². The van der Waals surface area contributed by atoms with Crippen molar-refractivity contribution in [2.75, 3.05) is 60.6 Å². The minimum atomic E-state index is -0.0487. The average molecular weight is 286 g/mol. The van der Waals surface area contributed by atoms with Crippen molar-refractivity contribution in [3.8, 4) is 0 Å². The van der Waals surface area contributed by atoms with Crippen molar-refractivity contribution in [1.82, 2.24) is 15.5 Å². The van der Waals surface area contributed by atoms with Gasteiger partial charge in [0.1, 0.15) is 0 Å². The summed E-state index contributed by atoms with van der Waals surface area (Å²) in [6.07, 6.45) is 2.26. The van der Waals surface area contributed by atoms with E-state index in [0.717, 1.165) is 58.2 Å². The molecule has 6 nitrogen and oxygen atoms in total. The molecule has 1 rings (SSSR count). The van der Waals surface area contributed by atoms with Gasteiger partial charge in [-0.3, -0.25) is 4.99 Å². The number of nitrogens with one attached hydrogen (secondary N) is 2. The maximum atomic E-state index is 5.75. The van der Waals surface area contributed by atoms with Crippen LogP contribution in [-0.4, -0.2) is 77.1 Å². The van der Waals surface area contributed by atoms with Crippen LogP contribution in [0.2, 0.25) is 0 Å². The summed E-state index contributed by atoms with van der Waals surface area (Å²) in [7, 11) is 5.61. The normalized spacial score (nSPS) is 23.4. The first-order valence-electron chi connectivity index (χ1n) is 7.35. The van der Waals surface area contributed by atoms with Crippen LogP contribution < -0.4 is 10.6 Å². The number of guanidine groups is 1. The Morgan fingerprint density at radius 1 is 1.40 bits per heavy atom. The Morgan fingerprint density at radius 3 is 2.80 bits per heavy atom. The van der Waals surface area contributed by atoms with Gasteiger partial charge in [0, 0.05) is 46.9 Å². The van der Waals surface area contributed by atoms with Crippen LogP contribution in [0.25, 0.3) is 0 Å². The fraction of sp³-hybridized carbons (Fsp3) is 0.929. The van der Waals surface area contributed by atoms with Crippen molar-refractivity contribution in [2.45, 2.75) is 25.4 Å². The quantitative estimate of drug-likeness (QED) is 0.496. The van der Waals surface area contributed by atoms with Gasteiger partial charge in [0.2, 0.25) is 0 Å². The average Bonchev–Trinajstić information content (AvgIpc) is 2.87. The van der Waals surface area contributed by atoms with Crippen LogP contribution in [-0.2, 0) is 9.47 Å². The summed E-state index contributed by atoms with van der Waals surface area (Å²) in [5.74, 6) is 0.835. The first kappa shape index (κ1) is 17.2. The van der Waals surface area contributed by atoms with E-state index in [4.69, 9.17) is 9.47 Å². The van der Waals surface area contributed by atoms with Gasteiger partial charge in [0.15, 0.2) is 5.96 Å². The lowest BCUT2D eigenvalue weighted by Gasteiger charge is -2.25. The van der Waals surface area contributed by atoms with Gasteiger partial charge in [0.05, 0.1) is 12.2 Å². The molecule has 0 aromatic carbocycles. The number of likely N-dealkylation sites (N-methyl/N-ethyl adjacent to an activating group) is 1. The molecule has 20 heavy (non-hydrogen) atoms. The highest BCUT2D eigenvalue weighted by atomic mass is 16.5. The third-order valence-corrected chi connectivity index (χ3v) is 3.62. The lowest BCUT2D eigenvalue weighted by Crippen LogP contribution is -2.47. The second kappa shape index (κ2) is 9.15. The van der Waals surface area contributed by atoms with Crippen LogP contribution >= 0.6 is 0 Å². The summed E-state index contributed by atoms with van der Waals surface area (Å²) >= 11 is 0. The van der Waals surface area contributed by atoms with E-state index in [9.17, 15) is 0 Å². The highest BCUT2D eigenvalue weighted by Gasteiger charge is 2.29. The number of hydrogen-bond donors (Lipinski definition) is 2. The van der Waals surface area contributed by atoms with Gasteiger partial charge in [-0.05, 0) is 26.8 Å². The molecule has 1 saturated heterocycles. The second-order valence-corrected chi connectivity index (χ2v) is 5.55. The smallest absolute Gasteiger partial charge is 0.191 e. The highest BCUT2D eigenvalue weighted by Crippen LogP contribution is 2.23. The Morgan fingerprint density at radius 2 is 2.20 bits per heavy atom. The van der Waals surface area contributed by atoms with Gasteiger partial charge >= 0.3 is 0 Å². The van der Waals surface area contributed by atoms with E-state index in [2.05, 4.69) is 34.5 Å². The largest absolute Gasteiger partial charge is 0.383 e. The Bertz CT molecular complexity index is 291. The molecule has 2 N–H and O–H groups in total. The molecular weight excluding hydrogens is 256 g/mol. The summed E-state index contributed by atoms with van der Waals surface area (Å²) in [5, 5.41) is 6.66. The molecule has 1 heterocycles. The zero-order valence-electron chi connectivity index (χ0n) is 13.4. The number of ether oxygens (including phenoxy) is 2. The molecule has 0 aromatic rings. The Kier molecular flexibility index (Phi) is 7.87. The van der Waals surface area contributed by atoms with Crippen molar-refractivity contribution < 1.29 is 9.47 Å². The summed E-state index contributed by atoms with van der Waals surface area (Å²) in [6, 6.07) is 0. The van der Waals surface area contributed by atoms with Crippen molar-refractivity contribution in [3.05, 3.63) is 0 Å². The van der Waals surface area contributed by atoms with Crippen molar-refractivity contribution in [3.63, 3.8) is 0 Å². The maximum absolute atomic E-state index is 5.75. The molecule has 0 spiro atoms. The first-order valence-corrected chi connectivity index (χ1v) is 7.35. The van der Waals surface area contributed by atoms with Crippen LogP contribution in [0.4, 0.5) is 0 Å². The highest BCUT2D eigenvalue weighted by molar-refractivity contribution is 5.79. The second-order valence-electron chi connectivity index (χ2n) is 5.55. The minimum absolute atomic E-state index is 0.0487. The van der Waals surface area contributed by atoms with E-state index in [1.807, 2.05) is 0 Å². The predicted octanol–water partition coefficient (Wildman–Crippen LogP) is 0.299. The van der Waals surface area contributed by atoms with Crippen LogP contribution in [0.1, 0.15) is 19.8 Å². The van der Waals surface area contributed by atoms with E-state index in [-0.39, 0.29) is 5.60 Å². The molecule has 0 bridgehead atoms. The SMILES string of the molecule is CN=C(NCCN(C)CCOC)NCC1(C)CCCO1. The minimum Gasteiger partial charge on any atom is -0.383 e. The third-order valence-electron chi connectivity index (χ3n) is 3.62. The van der Waals surface area contributed by atoms with Crippen LogP contribution in [0.3, 0.4) is 0 Å². The number of methoxy groups -OCH3 is 1. The standard InChI is InChI=1S/C14H30N4O2/c1-14(6-5-10-20-14)12-17-13(15-2)16-7-8-18(3)9-11-19-4/h5-12H2,1-4H3,(H2,15,16,17). The van der Waals surface area contributed by atoms with Crippen LogP contribution in [0.5, 0.6) is 0 Å². The predicted molar refractivity (Wildman–Crippen MR) is 82.3 cm³/mol. The molecule has 1 aliphatic rings. The Hall–Kier alpha value is -0.850. The Balaban J connectivity index is 2.16. The third kappa shape index (κ3) is 6.54.